The van der Waals surface area contributed by atoms with Crippen LogP contribution >= 0.6 is 0 Å². The van der Waals surface area contributed by atoms with Crippen LogP contribution in [0.4, 0.5) is 0 Å². The number of sulfone groups is 2. The van der Waals surface area contributed by atoms with Gasteiger partial charge in [0.25, 0.3) is 0 Å². The molecule has 0 aromatic heterocycles. The smallest absolute Gasteiger partial charge is 0.196 e. The summed E-state index contributed by atoms with van der Waals surface area (Å²) in [6.07, 6.45) is 5.79. The van der Waals surface area contributed by atoms with Crippen LogP contribution in [0.5, 0.6) is 0 Å². The topological polar surface area (TPSA) is 77.5 Å². The number of hydrogen-bond acceptors (Lipinski definition) is 5. The van der Waals surface area contributed by atoms with Gasteiger partial charge in [-0.3, -0.25) is 0 Å². The van der Waals surface area contributed by atoms with Gasteiger partial charge in [0, 0.05) is 6.42 Å². The summed E-state index contributed by atoms with van der Waals surface area (Å²) in [6.45, 7) is 9.36. The van der Waals surface area contributed by atoms with Gasteiger partial charge in [-0.15, -0.1) is 0 Å². The molecule has 3 fully saturated rings. The number of ether oxygens (including phenoxy) is 1. The molecular formula is C30H40O5S2. The van der Waals surface area contributed by atoms with Crippen molar-refractivity contribution in [1.29, 1.82) is 0 Å². The summed E-state index contributed by atoms with van der Waals surface area (Å²) in [6, 6.07) is 15.9. The van der Waals surface area contributed by atoms with E-state index in [2.05, 4.69) is 27.7 Å². The molecule has 5 atom stereocenters. The minimum Gasteiger partial charge on any atom is -0.372 e. The lowest BCUT2D eigenvalue weighted by molar-refractivity contribution is -0.155. The predicted molar refractivity (Wildman–Crippen MR) is 146 cm³/mol. The SMILES string of the molecule is CC1(C)CCCC2(C)C1CCC1(C)OC(CC(S(=O)(=O)c3ccccc3)S(=O)(=O)c3ccccc3)CC12. The van der Waals surface area contributed by atoms with Crippen molar-refractivity contribution >= 4 is 19.7 Å². The second-order valence-electron chi connectivity index (χ2n) is 12.7. The lowest BCUT2D eigenvalue weighted by Gasteiger charge is -2.60. The summed E-state index contributed by atoms with van der Waals surface area (Å²) in [5, 5.41) is 0. The van der Waals surface area contributed by atoms with Gasteiger partial charge in [0.2, 0.25) is 0 Å². The maximum atomic E-state index is 13.9. The van der Waals surface area contributed by atoms with Gasteiger partial charge in [-0.1, -0.05) is 63.6 Å². The Morgan fingerprint density at radius 3 is 1.86 bits per heavy atom. The van der Waals surface area contributed by atoms with Gasteiger partial charge in [-0.2, -0.15) is 0 Å². The van der Waals surface area contributed by atoms with Crippen LogP contribution in [0.3, 0.4) is 0 Å². The number of fused-ring (bicyclic) bond motifs is 3. The van der Waals surface area contributed by atoms with E-state index in [1.807, 2.05) is 0 Å². The van der Waals surface area contributed by atoms with Crippen LogP contribution in [0.2, 0.25) is 0 Å². The molecule has 2 aromatic rings. The third-order valence-corrected chi connectivity index (χ3v) is 15.1. The molecule has 37 heavy (non-hydrogen) atoms. The van der Waals surface area contributed by atoms with E-state index in [1.54, 1.807) is 36.4 Å². The standard InChI is InChI=1S/C30H40O5S2/c1-28(2)17-11-18-29(3)25(28)16-19-30(4)26(29)20-22(35-30)21-27(36(31,32)23-12-7-5-8-13-23)37(33,34)24-14-9-6-10-15-24/h5-10,12-15,22,25-27H,11,16-21H2,1-4H3. The molecule has 2 saturated carbocycles. The monoisotopic (exact) mass is 544 g/mol. The maximum Gasteiger partial charge on any atom is 0.196 e. The van der Waals surface area contributed by atoms with E-state index in [0.29, 0.717) is 12.3 Å². The normalized spacial score (nSPS) is 33.6. The summed E-state index contributed by atoms with van der Waals surface area (Å²) in [4.78, 5) is 0.0596. The Morgan fingerprint density at radius 2 is 1.32 bits per heavy atom. The zero-order valence-corrected chi connectivity index (χ0v) is 24.0. The third kappa shape index (κ3) is 4.49. The zero-order valence-electron chi connectivity index (χ0n) is 22.4. The zero-order chi connectivity index (χ0) is 26.7. The van der Waals surface area contributed by atoms with E-state index in [0.717, 1.165) is 19.3 Å². The Hall–Kier alpha value is -1.70. The Morgan fingerprint density at radius 1 is 0.784 bits per heavy atom. The lowest BCUT2D eigenvalue weighted by Crippen LogP contribution is -2.55. The summed E-state index contributed by atoms with van der Waals surface area (Å²) in [5.74, 6) is 0.869. The van der Waals surface area contributed by atoms with E-state index in [9.17, 15) is 16.8 Å². The van der Waals surface area contributed by atoms with Gasteiger partial charge in [0.05, 0.1) is 21.5 Å². The van der Waals surface area contributed by atoms with Gasteiger partial charge in [-0.25, -0.2) is 16.8 Å². The van der Waals surface area contributed by atoms with E-state index in [4.69, 9.17) is 4.74 Å². The largest absolute Gasteiger partial charge is 0.372 e. The quantitative estimate of drug-likeness (QED) is 0.418. The van der Waals surface area contributed by atoms with Gasteiger partial charge in [0.15, 0.2) is 24.3 Å². The van der Waals surface area contributed by atoms with Crippen molar-refractivity contribution in [1.82, 2.24) is 0 Å². The molecule has 5 rings (SSSR count). The highest BCUT2D eigenvalue weighted by atomic mass is 32.3. The van der Waals surface area contributed by atoms with Crippen molar-refractivity contribution < 1.29 is 21.6 Å². The van der Waals surface area contributed by atoms with Crippen LogP contribution in [-0.4, -0.2) is 33.1 Å². The van der Waals surface area contributed by atoms with Gasteiger partial charge < -0.3 is 4.74 Å². The molecule has 7 heteroatoms. The van der Waals surface area contributed by atoms with Crippen LogP contribution in [0.25, 0.3) is 0 Å². The fourth-order valence-electron chi connectivity index (χ4n) is 8.26. The van der Waals surface area contributed by atoms with Crippen molar-refractivity contribution in [3.8, 4) is 0 Å². The Labute approximate surface area is 222 Å². The Balaban J connectivity index is 1.51. The fourth-order valence-corrected chi connectivity index (χ4v) is 12.9. The molecule has 5 unspecified atom stereocenters. The van der Waals surface area contributed by atoms with Crippen LogP contribution in [0.15, 0.2) is 70.5 Å². The molecule has 2 aliphatic carbocycles. The minimum atomic E-state index is -4.17. The van der Waals surface area contributed by atoms with Crippen LogP contribution in [0.1, 0.15) is 72.6 Å². The van der Waals surface area contributed by atoms with E-state index < -0.39 is 30.4 Å². The molecule has 0 radical (unpaired) electrons. The van der Waals surface area contributed by atoms with Crippen molar-refractivity contribution in [2.45, 2.75) is 98.7 Å². The third-order valence-electron chi connectivity index (χ3n) is 9.96. The average Bonchev–Trinajstić information content (AvgIpc) is 3.21. The van der Waals surface area contributed by atoms with Crippen LogP contribution in [0, 0.1) is 22.7 Å². The predicted octanol–water partition coefficient (Wildman–Crippen LogP) is 6.44. The van der Waals surface area contributed by atoms with Gasteiger partial charge in [-0.05, 0) is 86.0 Å². The molecule has 0 bridgehead atoms. The van der Waals surface area contributed by atoms with Gasteiger partial charge in [0.1, 0.15) is 0 Å². The first-order valence-corrected chi connectivity index (χ1v) is 16.7. The first kappa shape index (κ1) is 26.9. The van der Waals surface area contributed by atoms with Crippen molar-refractivity contribution in [3.05, 3.63) is 60.7 Å². The minimum absolute atomic E-state index is 0.0298. The summed E-state index contributed by atoms with van der Waals surface area (Å²) < 4.78 is 60.6. The second-order valence-corrected chi connectivity index (χ2v) is 17.2. The highest BCUT2D eigenvalue weighted by molar-refractivity contribution is 8.09. The highest BCUT2D eigenvalue weighted by Gasteiger charge is 2.62. The number of rotatable bonds is 6. The van der Waals surface area contributed by atoms with Crippen molar-refractivity contribution in [3.63, 3.8) is 0 Å². The Kier molecular flexibility index (Phi) is 6.69. The second kappa shape index (κ2) is 9.20. The number of benzene rings is 2. The highest BCUT2D eigenvalue weighted by Crippen LogP contribution is 2.66. The molecular weight excluding hydrogens is 504 g/mol. The molecule has 1 aliphatic heterocycles. The molecule has 0 amide bonds. The molecule has 3 aliphatic rings. The molecule has 1 heterocycles. The Bertz CT molecular complexity index is 1270. The summed E-state index contributed by atoms with van der Waals surface area (Å²) in [5.41, 5.74) is 0.0127. The van der Waals surface area contributed by atoms with E-state index in [1.165, 1.54) is 37.1 Å². The molecule has 0 spiro atoms. The van der Waals surface area contributed by atoms with E-state index >= 15 is 0 Å². The van der Waals surface area contributed by atoms with Crippen molar-refractivity contribution in [2.75, 3.05) is 0 Å². The summed E-state index contributed by atoms with van der Waals surface area (Å²) in [7, 11) is -8.34. The lowest BCUT2D eigenvalue weighted by atomic mass is 9.45. The molecule has 1 saturated heterocycles. The maximum absolute atomic E-state index is 13.9. The fraction of sp³-hybridized carbons (Fsp3) is 0.600. The van der Waals surface area contributed by atoms with Crippen LogP contribution in [-0.2, 0) is 24.4 Å². The number of hydrogen-bond donors (Lipinski definition) is 0. The molecule has 202 valence electrons. The van der Waals surface area contributed by atoms with Crippen molar-refractivity contribution in [2.24, 2.45) is 22.7 Å². The average molecular weight is 545 g/mol. The van der Waals surface area contributed by atoms with Gasteiger partial charge >= 0.3 is 0 Å². The molecule has 0 N–H and O–H groups in total. The van der Waals surface area contributed by atoms with E-state index in [-0.39, 0.29) is 38.6 Å². The molecule has 5 nitrogen and oxygen atoms in total. The molecule has 2 aromatic carbocycles. The summed E-state index contributed by atoms with van der Waals surface area (Å²) >= 11 is 0. The van der Waals surface area contributed by atoms with Crippen LogP contribution < -0.4 is 0 Å². The first-order chi connectivity index (χ1) is 17.3. The first-order valence-electron chi connectivity index (χ1n) is 13.6.